The number of morpholine rings is 1. The highest BCUT2D eigenvalue weighted by Gasteiger charge is 2.18. The van der Waals surface area contributed by atoms with Crippen molar-refractivity contribution in [3.8, 4) is 0 Å². The fourth-order valence-corrected chi connectivity index (χ4v) is 3.38. The van der Waals surface area contributed by atoms with E-state index in [1.54, 1.807) is 42.1 Å². The minimum Gasteiger partial charge on any atom is -0.378 e. The zero-order chi connectivity index (χ0) is 22.9. The van der Waals surface area contributed by atoms with Crippen LogP contribution in [0.5, 0.6) is 0 Å². The van der Waals surface area contributed by atoms with E-state index in [9.17, 15) is 14.4 Å². The largest absolute Gasteiger partial charge is 0.378 e. The number of ether oxygens (including phenoxy) is 1. The van der Waals surface area contributed by atoms with Gasteiger partial charge in [-0.15, -0.1) is 0 Å². The molecule has 0 saturated carbocycles. The van der Waals surface area contributed by atoms with Gasteiger partial charge in [0, 0.05) is 50.5 Å². The highest BCUT2D eigenvalue weighted by atomic mass is 16.5. The Morgan fingerprint density at radius 2 is 1.72 bits per heavy atom. The van der Waals surface area contributed by atoms with E-state index >= 15 is 0 Å². The third-order valence-electron chi connectivity index (χ3n) is 5.20. The first-order valence-electron chi connectivity index (χ1n) is 10.7. The van der Waals surface area contributed by atoms with Crippen molar-refractivity contribution in [3.63, 3.8) is 0 Å². The summed E-state index contributed by atoms with van der Waals surface area (Å²) < 4.78 is 5.30. The molecule has 170 valence electrons. The van der Waals surface area contributed by atoms with Gasteiger partial charge in [0.2, 0.25) is 11.8 Å². The molecule has 2 aromatic rings. The monoisotopic (exact) mass is 438 g/mol. The molecule has 3 amide bonds. The summed E-state index contributed by atoms with van der Waals surface area (Å²) in [6, 6.07) is 14.6. The molecule has 32 heavy (non-hydrogen) atoms. The summed E-state index contributed by atoms with van der Waals surface area (Å²) in [4.78, 5) is 40.1. The van der Waals surface area contributed by atoms with Crippen molar-refractivity contribution in [3.05, 3.63) is 59.7 Å². The maximum Gasteiger partial charge on any atom is 0.254 e. The molecule has 8 nitrogen and oxygen atoms in total. The van der Waals surface area contributed by atoms with Gasteiger partial charge in [-0.05, 0) is 42.3 Å². The van der Waals surface area contributed by atoms with Crippen molar-refractivity contribution in [2.45, 2.75) is 12.8 Å². The lowest BCUT2D eigenvalue weighted by Crippen LogP contribution is -2.40. The van der Waals surface area contributed by atoms with Crippen LogP contribution in [0, 0.1) is 0 Å². The highest BCUT2D eigenvalue weighted by molar-refractivity contribution is 5.96. The van der Waals surface area contributed by atoms with Gasteiger partial charge in [-0.25, -0.2) is 0 Å². The lowest BCUT2D eigenvalue weighted by atomic mass is 10.1. The molecule has 1 aliphatic rings. The Hall–Kier alpha value is -3.39. The van der Waals surface area contributed by atoms with Crippen LogP contribution in [0.4, 0.5) is 11.4 Å². The minimum absolute atomic E-state index is 0.0361. The van der Waals surface area contributed by atoms with Crippen LogP contribution >= 0.6 is 0 Å². The maximum absolute atomic E-state index is 12.6. The summed E-state index contributed by atoms with van der Waals surface area (Å²) in [5.74, 6) is -0.166. The molecule has 0 radical (unpaired) electrons. The third kappa shape index (κ3) is 6.81. The zero-order valence-corrected chi connectivity index (χ0v) is 18.6. The molecule has 1 heterocycles. The van der Waals surface area contributed by atoms with Gasteiger partial charge in [-0.2, -0.15) is 0 Å². The first-order valence-corrected chi connectivity index (χ1v) is 10.7. The second-order valence-corrected chi connectivity index (χ2v) is 7.88. The van der Waals surface area contributed by atoms with E-state index in [4.69, 9.17) is 4.74 Å². The summed E-state index contributed by atoms with van der Waals surface area (Å²) in [5, 5.41) is 5.94. The summed E-state index contributed by atoms with van der Waals surface area (Å²) in [5.41, 5.74) is 2.95. The predicted molar refractivity (Wildman–Crippen MR) is 124 cm³/mol. The number of amides is 3. The standard InChI is InChI=1S/C24H30N4O4/c1-27(2)23(30)10-9-18-5-3-8-21(15-18)26-22(29)17-25-20-7-4-6-19(16-20)24(31)28-11-13-32-14-12-28/h3-8,15-16,25H,9-14,17H2,1-2H3,(H,26,29). The lowest BCUT2D eigenvalue weighted by Gasteiger charge is -2.27. The molecule has 2 N–H and O–H groups in total. The summed E-state index contributed by atoms with van der Waals surface area (Å²) in [6.07, 6.45) is 1.04. The van der Waals surface area contributed by atoms with E-state index in [2.05, 4.69) is 10.6 Å². The molecule has 8 heteroatoms. The zero-order valence-electron chi connectivity index (χ0n) is 18.6. The van der Waals surface area contributed by atoms with Crippen molar-refractivity contribution < 1.29 is 19.1 Å². The number of rotatable bonds is 8. The van der Waals surface area contributed by atoms with E-state index in [1.807, 2.05) is 30.3 Å². The van der Waals surface area contributed by atoms with Gasteiger partial charge in [-0.1, -0.05) is 18.2 Å². The molecule has 1 aliphatic heterocycles. The van der Waals surface area contributed by atoms with Gasteiger partial charge in [-0.3, -0.25) is 14.4 Å². The first-order chi connectivity index (χ1) is 15.4. The van der Waals surface area contributed by atoms with E-state index in [-0.39, 0.29) is 24.3 Å². The first kappa shape index (κ1) is 23.3. The molecular formula is C24H30N4O4. The minimum atomic E-state index is -0.198. The van der Waals surface area contributed by atoms with Gasteiger partial charge in [0.15, 0.2) is 0 Å². The topological polar surface area (TPSA) is 91.0 Å². The number of hydrogen-bond acceptors (Lipinski definition) is 5. The van der Waals surface area contributed by atoms with Crippen LogP contribution in [-0.2, 0) is 20.7 Å². The molecule has 2 aromatic carbocycles. The molecule has 0 atom stereocenters. The van der Waals surface area contributed by atoms with E-state index in [0.29, 0.717) is 56.1 Å². The van der Waals surface area contributed by atoms with Crippen molar-refractivity contribution >= 4 is 29.1 Å². The number of carbonyl (C=O) groups excluding carboxylic acids is 3. The van der Waals surface area contributed by atoms with Gasteiger partial charge >= 0.3 is 0 Å². The fourth-order valence-electron chi connectivity index (χ4n) is 3.38. The maximum atomic E-state index is 12.6. The number of nitrogens with one attached hydrogen (secondary N) is 2. The van der Waals surface area contributed by atoms with Crippen LogP contribution in [0.1, 0.15) is 22.3 Å². The highest BCUT2D eigenvalue weighted by Crippen LogP contribution is 2.15. The third-order valence-corrected chi connectivity index (χ3v) is 5.20. The quantitative estimate of drug-likeness (QED) is 0.660. The second-order valence-electron chi connectivity index (χ2n) is 7.88. The van der Waals surface area contributed by atoms with E-state index in [1.165, 1.54) is 0 Å². The number of anilines is 2. The molecule has 0 aromatic heterocycles. The van der Waals surface area contributed by atoms with Gasteiger partial charge < -0.3 is 25.2 Å². The van der Waals surface area contributed by atoms with E-state index in [0.717, 1.165) is 5.56 Å². The van der Waals surface area contributed by atoms with Crippen LogP contribution in [0.3, 0.4) is 0 Å². The number of aryl methyl sites for hydroxylation is 1. The fraction of sp³-hybridized carbons (Fsp3) is 0.375. The molecular weight excluding hydrogens is 408 g/mol. The molecule has 1 saturated heterocycles. The van der Waals surface area contributed by atoms with Crippen molar-refractivity contribution in [2.75, 3.05) is 57.6 Å². The molecule has 1 fully saturated rings. The molecule has 0 aliphatic carbocycles. The number of benzene rings is 2. The average molecular weight is 439 g/mol. The van der Waals surface area contributed by atoms with E-state index < -0.39 is 0 Å². The van der Waals surface area contributed by atoms with Crippen LogP contribution in [0.2, 0.25) is 0 Å². The Labute approximate surface area is 188 Å². The van der Waals surface area contributed by atoms with Crippen molar-refractivity contribution in [1.82, 2.24) is 9.80 Å². The summed E-state index contributed by atoms with van der Waals surface area (Å²) in [6.45, 7) is 2.34. The Kier molecular flexibility index (Phi) is 8.21. The Morgan fingerprint density at radius 3 is 2.47 bits per heavy atom. The molecule has 0 unspecified atom stereocenters. The second kappa shape index (κ2) is 11.3. The van der Waals surface area contributed by atoms with Gasteiger partial charge in [0.05, 0.1) is 19.8 Å². The predicted octanol–water partition coefficient (Wildman–Crippen LogP) is 2.23. The number of hydrogen-bond donors (Lipinski definition) is 2. The number of nitrogens with zero attached hydrogens (tertiary/aromatic N) is 2. The van der Waals surface area contributed by atoms with Crippen LogP contribution in [0.15, 0.2) is 48.5 Å². The number of carbonyl (C=O) groups is 3. The SMILES string of the molecule is CN(C)C(=O)CCc1cccc(NC(=O)CNc2cccc(C(=O)N3CCOCC3)c2)c1. The summed E-state index contributed by atoms with van der Waals surface area (Å²) >= 11 is 0. The van der Waals surface area contributed by atoms with Crippen LogP contribution in [-0.4, -0.2) is 74.5 Å². The Bertz CT molecular complexity index is 955. The van der Waals surface area contributed by atoms with Crippen LogP contribution < -0.4 is 10.6 Å². The molecule has 0 bridgehead atoms. The van der Waals surface area contributed by atoms with Crippen LogP contribution in [0.25, 0.3) is 0 Å². The smallest absolute Gasteiger partial charge is 0.254 e. The molecule has 0 spiro atoms. The van der Waals surface area contributed by atoms with Gasteiger partial charge in [0.25, 0.3) is 5.91 Å². The van der Waals surface area contributed by atoms with Crippen molar-refractivity contribution in [1.29, 1.82) is 0 Å². The molecule has 3 rings (SSSR count). The lowest BCUT2D eigenvalue weighted by molar-refractivity contribution is -0.128. The van der Waals surface area contributed by atoms with Gasteiger partial charge in [0.1, 0.15) is 0 Å². The summed E-state index contributed by atoms with van der Waals surface area (Å²) in [7, 11) is 3.47. The normalized spacial score (nSPS) is 13.4. The average Bonchev–Trinajstić information content (AvgIpc) is 2.81. The Morgan fingerprint density at radius 1 is 1.00 bits per heavy atom. The Balaban J connectivity index is 1.51. The van der Waals surface area contributed by atoms with Crippen molar-refractivity contribution in [2.24, 2.45) is 0 Å².